The first-order chi connectivity index (χ1) is 12.3. The summed E-state index contributed by atoms with van der Waals surface area (Å²) in [4.78, 5) is 1.51. The Bertz CT molecular complexity index is 352. The summed E-state index contributed by atoms with van der Waals surface area (Å²) in [5, 5.41) is 3.27. The molecular formula is C22H43N2O+. The first kappa shape index (κ1) is 22.4. The number of hydrogen-bond acceptors (Lipinski definition) is 2. The van der Waals surface area contributed by atoms with E-state index in [1.165, 1.54) is 88.4 Å². The van der Waals surface area contributed by atoms with Gasteiger partial charge in [-0.1, -0.05) is 70.3 Å². The molecule has 2 N–H and O–H groups in total. The fraction of sp³-hybridized carbons (Fsp3) is 0.818. The molecule has 0 aromatic rings. The van der Waals surface area contributed by atoms with Gasteiger partial charge in [0.05, 0.1) is 20.0 Å². The van der Waals surface area contributed by atoms with Gasteiger partial charge in [-0.3, -0.25) is 5.32 Å². The molecule has 3 nitrogen and oxygen atoms in total. The molecule has 25 heavy (non-hydrogen) atoms. The Morgan fingerprint density at radius 1 is 0.880 bits per heavy atom. The van der Waals surface area contributed by atoms with Gasteiger partial charge in [0.1, 0.15) is 6.54 Å². The number of rotatable bonds is 17. The van der Waals surface area contributed by atoms with Crippen LogP contribution in [0.3, 0.4) is 0 Å². The Kier molecular flexibility index (Phi) is 15.1. The lowest BCUT2D eigenvalue weighted by Gasteiger charge is -2.12. The second-order valence-corrected chi connectivity index (χ2v) is 7.60. The van der Waals surface area contributed by atoms with Gasteiger partial charge in [0.2, 0.25) is 0 Å². The monoisotopic (exact) mass is 351 g/mol. The zero-order chi connectivity index (χ0) is 18.0. The van der Waals surface area contributed by atoms with Crippen molar-refractivity contribution in [1.82, 2.24) is 5.32 Å². The highest BCUT2D eigenvalue weighted by molar-refractivity contribution is 5.17. The van der Waals surface area contributed by atoms with Crippen LogP contribution in [0.25, 0.3) is 0 Å². The molecule has 0 fully saturated rings. The highest BCUT2D eigenvalue weighted by Crippen LogP contribution is 2.14. The highest BCUT2D eigenvalue weighted by atomic mass is 16.5. The number of unbranched alkanes of at least 4 members (excludes halogenated alkanes) is 11. The van der Waals surface area contributed by atoms with E-state index in [-0.39, 0.29) is 0 Å². The van der Waals surface area contributed by atoms with Crippen molar-refractivity contribution in [3.8, 4) is 0 Å². The summed E-state index contributed by atoms with van der Waals surface area (Å²) in [6.45, 7) is 2.93. The third-order valence-corrected chi connectivity index (χ3v) is 5.02. The van der Waals surface area contributed by atoms with Gasteiger partial charge in [-0.2, -0.15) is 0 Å². The number of nitrogens with one attached hydrogen (secondary N) is 2. The maximum Gasteiger partial charge on any atom is 0.100 e. The number of allylic oxidation sites excluding steroid dienone is 2. The largest absolute Gasteiger partial charge is 0.370 e. The number of hydrogen-bond donors (Lipinski definition) is 2. The molecule has 1 atom stereocenters. The molecule has 0 spiro atoms. The van der Waals surface area contributed by atoms with Crippen LogP contribution in [0.15, 0.2) is 23.9 Å². The molecule has 3 heteroatoms. The van der Waals surface area contributed by atoms with Crippen molar-refractivity contribution in [3.63, 3.8) is 0 Å². The molecule has 0 saturated carbocycles. The van der Waals surface area contributed by atoms with E-state index < -0.39 is 0 Å². The second-order valence-electron chi connectivity index (χ2n) is 7.60. The summed E-state index contributed by atoms with van der Waals surface area (Å²) in [5.41, 5.74) is 1.54. The molecule has 1 unspecified atom stereocenters. The van der Waals surface area contributed by atoms with Crippen molar-refractivity contribution in [2.75, 3.05) is 34.0 Å². The summed E-state index contributed by atoms with van der Waals surface area (Å²) < 4.78 is 4.97. The molecule has 0 bridgehead atoms. The minimum atomic E-state index is 0.688. The minimum absolute atomic E-state index is 0.688. The van der Waals surface area contributed by atoms with Crippen molar-refractivity contribution in [2.24, 2.45) is 0 Å². The number of quaternary nitrogens is 1. The van der Waals surface area contributed by atoms with Gasteiger partial charge in [0.15, 0.2) is 0 Å². The quantitative estimate of drug-likeness (QED) is 0.303. The SMILES string of the molecule is COCNCCCCCCCCCCCCCCC1=C[NH+](C)CC=C1. The van der Waals surface area contributed by atoms with Crippen LogP contribution in [0.4, 0.5) is 0 Å². The maximum atomic E-state index is 4.97. The fourth-order valence-electron chi connectivity index (χ4n) is 3.50. The van der Waals surface area contributed by atoms with Gasteiger partial charge in [0.25, 0.3) is 0 Å². The van der Waals surface area contributed by atoms with Gasteiger partial charge < -0.3 is 9.64 Å². The molecule has 0 saturated heterocycles. The van der Waals surface area contributed by atoms with Crippen molar-refractivity contribution in [3.05, 3.63) is 23.9 Å². The molecular weight excluding hydrogens is 308 g/mol. The third kappa shape index (κ3) is 14.2. The van der Waals surface area contributed by atoms with Crippen LogP contribution < -0.4 is 10.2 Å². The Labute approximate surface area is 156 Å². The summed E-state index contributed by atoms with van der Waals surface area (Å²) in [6.07, 6.45) is 25.1. The van der Waals surface area contributed by atoms with Crippen LogP contribution in [0.1, 0.15) is 83.5 Å². The molecule has 146 valence electrons. The van der Waals surface area contributed by atoms with Crippen molar-refractivity contribution in [2.45, 2.75) is 83.5 Å². The Hall–Kier alpha value is -0.640. The molecule has 0 radical (unpaired) electrons. The van der Waals surface area contributed by atoms with Crippen molar-refractivity contribution >= 4 is 0 Å². The Morgan fingerprint density at radius 2 is 1.44 bits per heavy atom. The first-order valence-corrected chi connectivity index (χ1v) is 10.7. The summed E-state index contributed by atoms with van der Waals surface area (Å²) >= 11 is 0. The van der Waals surface area contributed by atoms with Gasteiger partial charge in [-0.25, -0.2) is 0 Å². The minimum Gasteiger partial charge on any atom is -0.370 e. The molecule has 1 rings (SSSR count). The van der Waals surface area contributed by atoms with Gasteiger partial charge in [0, 0.05) is 12.7 Å². The molecule has 1 aliphatic rings. The third-order valence-electron chi connectivity index (χ3n) is 5.02. The summed E-state index contributed by atoms with van der Waals surface area (Å²) in [6, 6.07) is 0. The van der Waals surface area contributed by atoms with Gasteiger partial charge in [-0.05, 0) is 31.9 Å². The lowest BCUT2D eigenvalue weighted by atomic mass is 10.0. The van der Waals surface area contributed by atoms with Gasteiger partial charge >= 0.3 is 0 Å². The average Bonchev–Trinajstić information content (AvgIpc) is 2.61. The van der Waals surface area contributed by atoms with Crippen LogP contribution >= 0.6 is 0 Å². The second kappa shape index (κ2) is 16.8. The van der Waals surface area contributed by atoms with Gasteiger partial charge in [-0.15, -0.1) is 0 Å². The first-order valence-electron chi connectivity index (χ1n) is 10.7. The molecule has 0 amide bonds. The predicted molar refractivity (Wildman–Crippen MR) is 109 cm³/mol. The number of methoxy groups -OCH3 is 1. The van der Waals surface area contributed by atoms with E-state index in [4.69, 9.17) is 4.74 Å². The number of likely N-dealkylation sites (N-methyl/N-ethyl adjacent to an activating group) is 1. The zero-order valence-corrected chi connectivity index (χ0v) is 17.0. The molecule has 1 heterocycles. The normalized spacial score (nSPS) is 17.0. The predicted octanol–water partition coefficient (Wildman–Crippen LogP) is 4.22. The van der Waals surface area contributed by atoms with E-state index in [1.807, 2.05) is 0 Å². The van der Waals surface area contributed by atoms with Crippen LogP contribution in [0.5, 0.6) is 0 Å². The Morgan fingerprint density at radius 3 is 2.00 bits per heavy atom. The molecule has 0 aromatic heterocycles. The maximum absolute atomic E-state index is 4.97. The molecule has 0 aliphatic carbocycles. The van der Waals surface area contributed by atoms with E-state index in [0.29, 0.717) is 6.73 Å². The highest BCUT2D eigenvalue weighted by Gasteiger charge is 2.04. The lowest BCUT2D eigenvalue weighted by Crippen LogP contribution is -3.04. The van der Waals surface area contributed by atoms with Crippen LogP contribution in [0, 0.1) is 0 Å². The van der Waals surface area contributed by atoms with Crippen molar-refractivity contribution in [1.29, 1.82) is 0 Å². The number of ether oxygens (including phenoxy) is 1. The van der Waals surface area contributed by atoms with E-state index in [9.17, 15) is 0 Å². The smallest absolute Gasteiger partial charge is 0.100 e. The van der Waals surface area contributed by atoms with Crippen LogP contribution in [-0.2, 0) is 4.74 Å². The lowest BCUT2D eigenvalue weighted by molar-refractivity contribution is -0.819. The topological polar surface area (TPSA) is 25.7 Å². The average molecular weight is 352 g/mol. The Balaban J connectivity index is 1.73. The fourth-order valence-corrected chi connectivity index (χ4v) is 3.50. The van der Waals surface area contributed by atoms with Crippen molar-refractivity contribution < 1.29 is 9.64 Å². The standard InChI is InChI=1S/C22H42N2O/c1-24-19-15-17-22(20-24)16-13-11-9-7-5-3-4-6-8-10-12-14-18-23-21-25-2/h15,17,20,23H,3-14,16,18-19,21H2,1-2H3/p+1. The van der Waals surface area contributed by atoms with Crippen LogP contribution in [0.2, 0.25) is 0 Å². The zero-order valence-electron chi connectivity index (χ0n) is 17.0. The summed E-state index contributed by atoms with van der Waals surface area (Å²) in [7, 11) is 3.98. The van der Waals surface area contributed by atoms with E-state index >= 15 is 0 Å². The van der Waals surface area contributed by atoms with E-state index in [2.05, 4.69) is 30.7 Å². The van der Waals surface area contributed by atoms with E-state index in [1.54, 1.807) is 12.7 Å². The van der Waals surface area contributed by atoms with E-state index in [0.717, 1.165) is 13.1 Å². The molecule has 1 aliphatic heterocycles. The molecule has 0 aromatic carbocycles. The summed E-state index contributed by atoms with van der Waals surface area (Å²) in [5.74, 6) is 0. The van der Waals surface area contributed by atoms with Crippen LogP contribution in [-0.4, -0.2) is 34.0 Å².